The molecule has 3 aromatic carbocycles. The van der Waals surface area contributed by atoms with E-state index in [1.807, 2.05) is 0 Å². The maximum atomic E-state index is 5.70. The zero-order valence-corrected chi connectivity index (χ0v) is 22.4. The van der Waals surface area contributed by atoms with E-state index in [0.717, 1.165) is 19.3 Å². The predicted octanol–water partition coefficient (Wildman–Crippen LogP) is 6.30. The second-order valence-corrected chi connectivity index (χ2v) is 13.0. The van der Waals surface area contributed by atoms with Crippen LogP contribution in [0.5, 0.6) is 0 Å². The van der Waals surface area contributed by atoms with Crippen LogP contribution in [0.1, 0.15) is 41.5 Å². The maximum absolute atomic E-state index is 5.70. The summed E-state index contributed by atoms with van der Waals surface area (Å²) in [6, 6.07) is 27.3. The van der Waals surface area contributed by atoms with Crippen LogP contribution in [0.3, 0.4) is 0 Å². The minimum atomic E-state index is -0.196. The highest BCUT2D eigenvalue weighted by Gasteiger charge is 2.70. The number of hydrogen-bond acceptors (Lipinski definition) is 2. The van der Waals surface area contributed by atoms with Gasteiger partial charge in [-0.25, -0.2) is 0 Å². The lowest BCUT2D eigenvalue weighted by Gasteiger charge is -2.58. The molecule has 3 unspecified atom stereocenters. The Morgan fingerprint density at radius 3 is 2.22 bits per heavy atom. The predicted molar refractivity (Wildman–Crippen MR) is 163 cm³/mol. The summed E-state index contributed by atoms with van der Waals surface area (Å²) in [5.74, 6) is 0.895. The van der Waals surface area contributed by atoms with E-state index in [0.29, 0.717) is 11.8 Å². The fourth-order valence-corrected chi connectivity index (χ4v) is 10.6. The number of nitrogens with zero attached hydrogens (tertiary/aromatic N) is 2. The van der Waals surface area contributed by atoms with Crippen molar-refractivity contribution in [1.29, 1.82) is 0 Å². The number of aliphatic imine (C=N–C) groups is 2. The molecular formula is C39H24N2. The van der Waals surface area contributed by atoms with Crippen LogP contribution in [0, 0.1) is 23.2 Å². The quantitative estimate of drug-likeness (QED) is 0.333. The third kappa shape index (κ3) is 1.93. The number of rotatable bonds is 0. The summed E-state index contributed by atoms with van der Waals surface area (Å²) >= 11 is 0. The van der Waals surface area contributed by atoms with Crippen molar-refractivity contribution < 1.29 is 0 Å². The van der Waals surface area contributed by atoms with Gasteiger partial charge in [-0.05, 0) is 69.2 Å². The number of benzene rings is 3. The van der Waals surface area contributed by atoms with Crippen molar-refractivity contribution in [2.45, 2.75) is 19.3 Å². The van der Waals surface area contributed by atoms with Gasteiger partial charge < -0.3 is 0 Å². The molecule has 7 aliphatic carbocycles. The van der Waals surface area contributed by atoms with Crippen LogP contribution in [-0.2, 0) is 0 Å². The largest absolute Gasteiger partial charge is 0.251 e. The Kier molecular flexibility index (Phi) is 3.14. The minimum Gasteiger partial charge on any atom is -0.251 e. The molecule has 1 saturated carbocycles. The summed E-state index contributed by atoms with van der Waals surface area (Å²) in [6.07, 6.45) is 10.8. The zero-order valence-electron chi connectivity index (χ0n) is 22.4. The van der Waals surface area contributed by atoms with E-state index in [1.165, 1.54) is 77.8 Å². The first-order valence-corrected chi connectivity index (χ1v) is 15.2. The summed E-state index contributed by atoms with van der Waals surface area (Å²) < 4.78 is 0. The number of hydrogen-bond donors (Lipinski definition) is 0. The number of allylic oxidation sites excluding steroid dienone is 7. The van der Waals surface area contributed by atoms with Gasteiger partial charge in [0.1, 0.15) is 0 Å². The van der Waals surface area contributed by atoms with Crippen molar-refractivity contribution in [2.75, 3.05) is 0 Å². The van der Waals surface area contributed by atoms with Gasteiger partial charge in [-0.2, -0.15) is 0 Å². The van der Waals surface area contributed by atoms with E-state index in [1.54, 1.807) is 16.7 Å². The fraction of sp³-hybridized carbons (Fsp3) is 0.179. The van der Waals surface area contributed by atoms with Gasteiger partial charge in [0, 0.05) is 33.9 Å². The van der Waals surface area contributed by atoms with Gasteiger partial charge in [0.2, 0.25) is 0 Å². The SMILES string of the molecule is C1=CC2=C(CC1)C1CC3=c4ccccc4=C4C=C5C6=C(N=C7c8ccccc8C8=NC2=C1[C@@]6(C87)C43)c1ccccc15. The second-order valence-electron chi connectivity index (χ2n) is 13.0. The highest BCUT2D eigenvalue weighted by atomic mass is 14.9. The molecule has 190 valence electrons. The molecule has 0 amide bonds. The van der Waals surface area contributed by atoms with Crippen LogP contribution >= 0.6 is 0 Å². The molecule has 0 aromatic heterocycles. The Morgan fingerprint density at radius 2 is 1.39 bits per heavy atom. The third-order valence-electron chi connectivity index (χ3n) is 11.7. The lowest BCUT2D eigenvalue weighted by molar-refractivity contribution is 0.292. The fourth-order valence-electron chi connectivity index (χ4n) is 10.6. The van der Waals surface area contributed by atoms with E-state index in [4.69, 9.17) is 9.98 Å². The van der Waals surface area contributed by atoms with Crippen molar-refractivity contribution in [1.82, 2.24) is 0 Å². The molecule has 12 rings (SSSR count). The molecule has 2 heterocycles. The highest BCUT2D eigenvalue weighted by Crippen LogP contribution is 2.76. The van der Waals surface area contributed by atoms with E-state index < -0.39 is 0 Å². The standard InChI is InChI=1S/C39H24N2/c1-2-10-20-19(9-1)27-17-29-21-11-3-5-13-23(21)35-32(29)39-31(27)28(20)18-30-22-12-4-6-14-24(22)36(33(30)39)41-38-26-16-8-7-15-25(26)37(40-35)34(38)39/h1-3,5-11,13-17,30-31,34H,4,12,18H2/t30?,31?,34?,39-/m1/s1. The Balaban J connectivity index is 1.35. The van der Waals surface area contributed by atoms with Crippen LogP contribution in [-0.4, -0.2) is 11.4 Å². The summed E-state index contributed by atoms with van der Waals surface area (Å²) in [7, 11) is 0. The molecule has 0 bridgehead atoms. The van der Waals surface area contributed by atoms with Crippen LogP contribution in [0.25, 0.3) is 22.4 Å². The van der Waals surface area contributed by atoms with Crippen molar-refractivity contribution in [2.24, 2.45) is 33.2 Å². The average Bonchev–Trinajstić information content (AvgIpc) is 3.74. The van der Waals surface area contributed by atoms with Crippen LogP contribution in [0.4, 0.5) is 0 Å². The van der Waals surface area contributed by atoms with Crippen LogP contribution in [0.15, 0.2) is 129 Å². The van der Waals surface area contributed by atoms with Crippen molar-refractivity contribution in [3.8, 4) is 0 Å². The molecule has 1 fully saturated rings. The summed E-state index contributed by atoms with van der Waals surface area (Å²) in [4.78, 5) is 11.4. The van der Waals surface area contributed by atoms with Crippen molar-refractivity contribution in [3.05, 3.63) is 152 Å². The molecule has 9 aliphatic rings. The van der Waals surface area contributed by atoms with Crippen molar-refractivity contribution in [3.63, 3.8) is 0 Å². The van der Waals surface area contributed by atoms with E-state index in [2.05, 4.69) is 91.0 Å². The van der Waals surface area contributed by atoms with Gasteiger partial charge in [0.15, 0.2) is 0 Å². The Bertz CT molecular complexity index is 2290. The maximum Gasteiger partial charge on any atom is 0.0759 e. The zero-order chi connectivity index (χ0) is 26.2. The van der Waals surface area contributed by atoms with E-state index in [9.17, 15) is 0 Å². The number of fused-ring (bicyclic) bond motifs is 9. The molecular weight excluding hydrogens is 496 g/mol. The summed E-state index contributed by atoms with van der Waals surface area (Å²) in [6.45, 7) is 0. The summed E-state index contributed by atoms with van der Waals surface area (Å²) in [5.41, 5.74) is 20.8. The lowest BCUT2D eigenvalue weighted by atomic mass is 9.44. The molecule has 41 heavy (non-hydrogen) atoms. The first-order valence-electron chi connectivity index (χ1n) is 15.2. The molecule has 1 spiro atoms. The summed E-state index contributed by atoms with van der Waals surface area (Å²) in [5, 5.41) is 2.93. The first kappa shape index (κ1) is 20.3. The van der Waals surface area contributed by atoms with Gasteiger partial charge in [0.25, 0.3) is 0 Å². The Labute approximate surface area is 237 Å². The van der Waals surface area contributed by atoms with E-state index in [-0.39, 0.29) is 11.3 Å². The smallest absolute Gasteiger partial charge is 0.0759 e. The Hall–Kier alpha value is -4.56. The molecule has 0 N–H and O–H groups in total. The van der Waals surface area contributed by atoms with Gasteiger partial charge in [-0.15, -0.1) is 0 Å². The van der Waals surface area contributed by atoms with Crippen LogP contribution < -0.4 is 10.4 Å². The van der Waals surface area contributed by atoms with E-state index >= 15 is 0 Å². The third-order valence-corrected chi connectivity index (χ3v) is 11.7. The van der Waals surface area contributed by atoms with Gasteiger partial charge in [0.05, 0.1) is 28.7 Å². The molecule has 0 radical (unpaired) electrons. The Morgan fingerprint density at radius 1 is 0.683 bits per heavy atom. The van der Waals surface area contributed by atoms with Crippen LogP contribution in [0.2, 0.25) is 0 Å². The molecule has 2 aliphatic heterocycles. The molecule has 3 aromatic rings. The monoisotopic (exact) mass is 520 g/mol. The van der Waals surface area contributed by atoms with Crippen molar-refractivity contribution >= 4 is 33.8 Å². The topological polar surface area (TPSA) is 24.7 Å². The first-order chi connectivity index (χ1) is 20.4. The molecule has 0 saturated heterocycles. The van der Waals surface area contributed by atoms with Gasteiger partial charge in [-0.3, -0.25) is 9.98 Å². The van der Waals surface area contributed by atoms with Gasteiger partial charge in [-0.1, -0.05) is 96.1 Å². The highest BCUT2D eigenvalue weighted by molar-refractivity contribution is 6.35. The normalized spacial score (nSPS) is 30.9. The molecule has 2 nitrogen and oxygen atoms in total. The second kappa shape index (κ2) is 6.34. The minimum absolute atomic E-state index is 0.146. The molecule has 4 atom stereocenters. The van der Waals surface area contributed by atoms with Gasteiger partial charge >= 0.3 is 0 Å². The average molecular weight is 521 g/mol. The lowest BCUT2D eigenvalue weighted by Crippen LogP contribution is -2.54. The molecule has 2 heteroatoms.